The molecule has 23 heavy (non-hydrogen) atoms. The molecule has 2 aromatic carbocycles. The summed E-state index contributed by atoms with van der Waals surface area (Å²) >= 11 is 0. The number of phenols is 1. The molecule has 1 aliphatic heterocycles. The Balaban J connectivity index is 1.99. The van der Waals surface area contributed by atoms with E-state index >= 15 is 0 Å². The highest BCUT2D eigenvalue weighted by Gasteiger charge is 2.25. The van der Waals surface area contributed by atoms with Gasteiger partial charge in [0.25, 0.3) is 0 Å². The summed E-state index contributed by atoms with van der Waals surface area (Å²) in [6, 6.07) is 15.8. The number of nitrogens with zero attached hydrogens (tertiary/aromatic N) is 2. The molecule has 0 amide bonds. The zero-order chi connectivity index (χ0) is 16.2. The van der Waals surface area contributed by atoms with Crippen molar-refractivity contribution in [1.29, 1.82) is 5.26 Å². The van der Waals surface area contributed by atoms with Crippen molar-refractivity contribution < 1.29 is 5.11 Å². The van der Waals surface area contributed by atoms with Crippen LogP contribution < -0.4 is 10.2 Å². The van der Waals surface area contributed by atoms with Gasteiger partial charge in [-0.25, -0.2) is 0 Å². The van der Waals surface area contributed by atoms with E-state index in [9.17, 15) is 5.11 Å². The molecular weight excluding hydrogens is 286 g/mol. The molecule has 1 heterocycles. The molecule has 1 aliphatic rings. The normalized spacial score (nSPS) is 17.7. The number of aryl methyl sites for hydroxylation is 1. The maximum Gasteiger partial charge on any atom is 0.115 e. The quantitative estimate of drug-likeness (QED) is 0.915. The first-order valence-electron chi connectivity index (χ1n) is 8.02. The maximum atomic E-state index is 9.52. The van der Waals surface area contributed by atoms with Crippen molar-refractivity contribution in [2.45, 2.75) is 19.4 Å². The molecule has 2 N–H and O–H groups in total. The number of hydrogen-bond donors (Lipinski definition) is 2. The molecule has 1 atom stereocenters. The summed E-state index contributed by atoms with van der Waals surface area (Å²) in [6.45, 7) is 4.86. The molecule has 0 bridgehead atoms. The molecule has 0 radical (unpaired) electrons. The van der Waals surface area contributed by atoms with E-state index in [1.807, 2.05) is 24.3 Å². The minimum Gasteiger partial charge on any atom is -0.508 e. The average Bonchev–Trinajstić information content (AvgIpc) is 2.62. The third-order valence-corrected chi connectivity index (χ3v) is 4.42. The third-order valence-electron chi connectivity index (χ3n) is 4.42. The highest BCUT2D eigenvalue weighted by molar-refractivity contribution is 5.59. The Labute approximate surface area is 137 Å². The van der Waals surface area contributed by atoms with Gasteiger partial charge >= 0.3 is 0 Å². The molecule has 2 aromatic rings. The van der Waals surface area contributed by atoms with Crippen LogP contribution in [0.1, 0.15) is 29.7 Å². The van der Waals surface area contributed by atoms with Crippen molar-refractivity contribution >= 4 is 5.69 Å². The van der Waals surface area contributed by atoms with Gasteiger partial charge in [0.05, 0.1) is 17.7 Å². The van der Waals surface area contributed by atoms with Gasteiger partial charge in [-0.1, -0.05) is 19.1 Å². The largest absolute Gasteiger partial charge is 0.508 e. The van der Waals surface area contributed by atoms with Crippen LogP contribution in [0.2, 0.25) is 0 Å². The molecule has 0 aliphatic carbocycles. The summed E-state index contributed by atoms with van der Waals surface area (Å²) in [7, 11) is 0. The van der Waals surface area contributed by atoms with E-state index in [0.717, 1.165) is 26.1 Å². The van der Waals surface area contributed by atoms with Crippen LogP contribution >= 0.6 is 0 Å². The number of hydrogen-bond acceptors (Lipinski definition) is 4. The number of rotatable bonds is 3. The second-order valence-electron chi connectivity index (χ2n) is 5.81. The second-order valence-corrected chi connectivity index (χ2v) is 5.81. The first-order valence-corrected chi connectivity index (χ1v) is 8.02. The number of nitriles is 1. The monoisotopic (exact) mass is 307 g/mol. The zero-order valence-electron chi connectivity index (χ0n) is 13.3. The van der Waals surface area contributed by atoms with Gasteiger partial charge in [-0.3, -0.25) is 0 Å². The smallest absolute Gasteiger partial charge is 0.115 e. The molecule has 1 saturated heterocycles. The van der Waals surface area contributed by atoms with Gasteiger partial charge in [0.1, 0.15) is 5.75 Å². The van der Waals surface area contributed by atoms with E-state index in [2.05, 4.69) is 29.3 Å². The first kappa shape index (κ1) is 15.4. The molecular formula is C19H21N3O. The van der Waals surface area contributed by atoms with Crippen LogP contribution in [0.3, 0.4) is 0 Å². The Bertz CT molecular complexity index is 718. The number of nitrogens with one attached hydrogen (secondary N) is 1. The minimum absolute atomic E-state index is 0.225. The number of piperazine rings is 1. The Morgan fingerprint density at radius 1 is 1.26 bits per heavy atom. The van der Waals surface area contributed by atoms with Gasteiger partial charge in [-0.05, 0) is 47.9 Å². The lowest BCUT2D eigenvalue weighted by Gasteiger charge is -2.39. The number of benzene rings is 2. The fourth-order valence-corrected chi connectivity index (χ4v) is 3.21. The van der Waals surface area contributed by atoms with Gasteiger partial charge in [-0.15, -0.1) is 0 Å². The maximum absolute atomic E-state index is 9.52. The molecule has 0 unspecified atom stereocenters. The van der Waals surface area contributed by atoms with E-state index in [4.69, 9.17) is 5.26 Å². The summed E-state index contributed by atoms with van der Waals surface area (Å²) in [5, 5.41) is 22.1. The molecule has 4 nitrogen and oxygen atoms in total. The van der Waals surface area contributed by atoms with Gasteiger partial charge < -0.3 is 15.3 Å². The van der Waals surface area contributed by atoms with E-state index in [1.54, 1.807) is 12.1 Å². The fraction of sp³-hybridized carbons (Fsp3) is 0.316. The fourth-order valence-electron chi connectivity index (χ4n) is 3.21. The third kappa shape index (κ3) is 3.15. The highest BCUT2D eigenvalue weighted by Crippen LogP contribution is 2.32. The van der Waals surface area contributed by atoms with E-state index in [-0.39, 0.29) is 11.8 Å². The predicted molar refractivity (Wildman–Crippen MR) is 91.6 cm³/mol. The lowest BCUT2D eigenvalue weighted by atomic mass is 9.99. The van der Waals surface area contributed by atoms with Crippen molar-refractivity contribution in [3.63, 3.8) is 0 Å². The van der Waals surface area contributed by atoms with Crippen molar-refractivity contribution in [3.8, 4) is 11.8 Å². The van der Waals surface area contributed by atoms with Crippen LogP contribution in [-0.4, -0.2) is 24.7 Å². The van der Waals surface area contributed by atoms with Gasteiger partial charge in [0, 0.05) is 25.3 Å². The first-order chi connectivity index (χ1) is 11.2. The standard InChI is InChI=1S/C19H21N3O/c1-2-15-11-14(12-20)3-8-18(15)22-10-9-21-13-19(22)16-4-6-17(23)7-5-16/h3-8,11,19,21,23H,2,9-10,13H2,1H3/t19-/m0/s1. The number of aromatic hydroxyl groups is 1. The number of phenolic OH excluding ortho intramolecular Hbond substituents is 1. The van der Waals surface area contributed by atoms with Crippen LogP contribution in [-0.2, 0) is 6.42 Å². The van der Waals surface area contributed by atoms with Gasteiger partial charge in [-0.2, -0.15) is 5.26 Å². The average molecular weight is 307 g/mol. The van der Waals surface area contributed by atoms with Crippen LogP contribution in [0.25, 0.3) is 0 Å². The molecule has 0 aromatic heterocycles. The summed E-state index contributed by atoms with van der Waals surface area (Å²) in [5.41, 5.74) is 4.30. The van der Waals surface area contributed by atoms with E-state index in [0.29, 0.717) is 5.56 Å². The summed E-state index contributed by atoms with van der Waals surface area (Å²) in [6.07, 6.45) is 0.900. The Kier molecular flexibility index (Phi) is 4.50. The van der Waals surface area contributed by atoms with Crippen molar-refractivity contribution in [2.75, 3.05) is 24.5 Å². The SMILES string of the molecule is CCc1cc(C#N)ccc1N1CCNC[C@H]1c1ccc(O)cc1. The molecule has 0 spiro atoms. The van der Waals surface area contributed by atoms with Crippen LogP contribution in [0.4, 0.5) is 5.69 Å². The Morgan fingerprint density at radius 3 is 2.74 bits per heavy atom. The molecule has 3 rings (SSSR count). The van der Waals surface area contributed by atoms with Crippen molar-refractivity contribution in [2.24, 2.45) is 0 Å². The van der Waals surface area contributed by atoms with Crippen molar-refractivity contribution in [3.05, 3.63) is 59.2 Å². The van der Waals surface area contributed by atoms with E-state index < -0.39 is 0 Å². The lowest BCUT2D eigenvalue weighted by Crippen LogP contribution is -2.46. The summed E-state index contributed by atoms with van der Waals surface area (Å²) in [5.74, 6) is 0.289. The van der Waals surface area contributed by atoms with Gasteiger partial charge in [0.2, 0.25) is 0 Å². The molecule has 118 valence electrons. The molecule has 4 heteroatoms. The van der Waals surface area contributed by atoms with Crippen LogP contribution in [0.15, 0.2) is 42.5 Å². The molecule has 0 saturated carbocycles. The van der Waals surface area contributed by atoms with Crippen molar-refractivity contribution in [1.82, 2.24) is 5.32 Å². The Hall–Kier alpha value is -2.51. The topological polar surface area (TPSA) is 59.3 Å². The van der Waals surface area contributed by atoms with Crippen LogP contribution in [0, 0.1) is 11.3 Å². The molecule has 1 fully saturated rings. The summed E-state index contributed by atoms with van der Waals surface area (Å²) in [4.78, 5) is 2.41. The van der Waals surface area contributed by atoms with Crippen LogP contribution in [0.5, 0.6) is 5.75 Å². The number of anilines is 1. The zero-order valence-corrected chi connectivity index (χ0v) is 13.3. The Morgan fingerprint density at radius 2 is 2.04 bits per heavy atom. The lowest BCUT2D eigenvalue weighted by molar-refractivity contribution is 0.471. The van der Waals surface area contributed by atoms with Gasteiger partial charge in [0.15, 0.2) is 0 Å². The highest BCUT2D eigenvalue weighted by atomic mass is 16.3. The van der Waals surface area contributed by atoms with E-state index in [1.165, 1.54) is 16.8 Å². The summed E-state index contributed by atoms with van der Waals surface area (Å²) < 4.78 is 0. The second kappa shape index (κ2) is 6.72. The predicted octanol–water partition coefficient (Wildman–Crippen LogP) is 2.98. The minimum atomic E-state index is 0.225.